The van der Waals surface area contributed by atoms with Crippen molar-refractivity contribution < 1.29 is 0 Å². The second-order valence-electron chi connectivity index (χ2n) is 5.20. The molecule has 1 unspecified atom stereocenters. The first-order chi connectivity index (χ1) is 8.24. The van der Waals surface area contributed by atoms with Crippen molar-refractivity contribution >= 4 is 10.9 Å². The number of nitrogens with zero attached hydrogens (tertiary/aromatic N) is 1. The van der Waals surface area contributed by atoms with Crippen molar-refractivity contribution in [2.24, 2.45) is 5.73 Å². The maximum Gasteiger partial charge on any atom is 0.0517 e. The van der Waals surface area contributed by atoms with Gasteiger partial charge in [0.2, 0.25) is 0 Å². The quantitative estimate of drug-likeness (QED) is 0.841. The van der Waals surface area contributed by atoms with Crippen LogP contribution in [-0.4, -0.2) is 11.1 Å². The number of para-hydroxylation sites is 1. The molecule has 0 amide bonds. The van der Waals surface area contributed by atoms with Crippen LogP contribution in [0, 0.1) is 6.92 Å². The van der Waals surface area contributed by atoms with E-state index in [1.165, 1.54) is 40.6 Å². The van der Waals surface area contributed by atoms with Crippen LogP contribution in [0.4, 0.5) is 0 Å². The molecule has 1 aliphatic heterocycles. The highest BCUT2D eigenvalue weighted by atomic mass is 15.0. The van der Waals surface area contributed by atoms with Crippen molar-refractivity contribution in [3.05, 3.63) is 35.0 Å². The third kappa shape index (κ3) is 1.44. The number of aromatic nitrogens is 1. The van der Waals surface area contributed by atoms with Crippen LogP contribution >= 0.6 is 0 Å². The Morgan fingerprint density at radius 1 is 1.41 bits per heavy atom. The summed E-state index contributed by atoms with van der Waals surface area (Å²) in [7, 11) is 0. The highest BCUT2D eigenvalue weighted by Gasteiger charge is 2.21. The molecule has 1 aromatic carbocycles. The first kappa shape index (κ1) is 10.8. The summed E-state index contributed by atoms with van der Waals surface area (Å²) in [5.74, 6) is 0.451. The lowest BCUT2D eigenvalue weighted by atomic mass is 9.96. The van der Waals surface area contributed by atoms with E-state index >= 15 is 0 Å². The fourth-order valence-electron chi connectivity index (χ4n) is 3.28. The SMILES string of the molecule is Cc1c(C(C)CN)c2cccc3c2n1CCC3. The van der Waals surface area contributed by atoms with Crippen molar-refractivity contribution in [1.29, 1.82) is 0 Å². The molecule has 2 nitrogen and oxygen atoms in total. The monoisotopic (exact) mass is 228 g/mol. The van der Waals surface area contributed by atoms with Crippen molar-refractivity contribution in [2.45, 2.75) is 39.2 Å². The summed E-state index contributed by atoms with van der Waals surface area (Å²) >= 11 is 0. The van der Waals surface area contributed by atoms with E-state index in [4.69, 9.17) is 5.73 Å². The fraction of sp³-hybridized carbons (Fsp3) is 0.467. The zero-order valence-electron chi connectivity index (χ0n) is 10.7. The van der Waals surface area contributed by atoms with Gasteiger partial charge in [-0.2, -0.15) is 0 Å². The standard InChI is InChI=1S/C15H20N2/c1-10(9-16)14-11(2)17-8-4-6-12-5-3-7-13(14)15(12)17/h3,5,7,10H,4,6,8-9,16H2,1-2H3. The summed E-state index contributed by atoms with van der Waals surface area (Å²) in [6.07, 6.45) is 2.48. The smallest absolute Gasteiger partial charge is 0.0517 e. The zero-order chi connectivity index (χ0) is 12.0. The summed E-state index contributed by atoms with van der Waals surface area (Å²) in [5, 5.41) is 1.43. The van der Waals surface area contributed by atoms with E-state index < -0.39 is 0 Å². The van der Waals surface area contributed by atoms with Crippen LogP contribution in [0.3, 0.4) is 0 Å². The Hall–Kier alpha value is -1.28. The van der Waals surface area contributed by atoms with E-state index in [2.05, 4.69) is 36.6 Å². The van der Waals surface area contributed by atoms with E-state index in [1.54, 1.807) is 0 Å². The Labute approximate surface area is 102 Å². The third-order valence-corrected chi connectivity index (χ3v) is 4.15. The van der Waals surface area contributed by atoms with Gasteiger partial charge in [-0.15, -0.1) is 0 Å². The van der Waals surface area contributed by atoms with Gasteiger partial charge in [0.25, 0.3) is 0 Å². The molecule has 0 saturated carbocycles. The van der Waals surface area contributed by atoms with Gasteiger partial charge < -0.3 is 10.3 Å². The van der Waals surface area contributed by atoms with Crippen LogP contribution in [0.2, 0.25) is 0 Å². The van der Waals surface area contributed by atoms with E-state index in [1.807, 2.05) is 0 Å². The summed E-state index contributed by atoms with van der Waals surface area (Å²) in [6, 6.07) is 6.73. The maximum atomic E-state index is 5.86. The molecule has 0 spiro atoms. The molecule has 0 fully saturated rings. The Morgan fingerprint density at radius 3 is 3.00 bits per heavy atom. The molecule has 1 atom stereocenters. The minimum Gasteiger partial charge on any atom is -0.344 e. The van der Waals surface area contributed by atoms with Gasteiger partial charge in [-0.1, -0.05) is 25.1 Å². The fourth-order valence-corrected chi connectivity index (χ4v) is 3.28. The Balaban J connectivity index is 2.38. The Bertz CT molecular complexity index is 566. The first-order valence-corrected chi connectivity index (χ1v) is 6.54. The van der Waals surface area contributed by atoms with Crippen LogP contribution in [0.5, 0.6) is 0 Å². The molecule has 2 heteroatoms. The van der Waals surface area contributed by atoms with E-state index in [0.29, 0.717) is 5.92 Å². The molecule has 1 aliphatic rings. The molecule has 0 radical (unpaired) electrons. The van der Waals surface area contributed by atoms with Gasteiger partial charge in [-0.3, -0.25) is 0 Å². The molecule has 2 N–H and O–H groups in total. The van der Waals surface area contributed by atoms with E-state index in [-0.39, 0.29) is 0 Å². The molecule has 1 aromatic heterocycles. The van der Waals surface area contributed by atoms with Gasteiger partial charge in [0.15, 0.2) is 0 Å². The minimum absolute atomic E-state index is 0.451. The summed E-state index contributed by atoms with van der Waals surface area (Å²) in [4.78, 5) is 0. The average Bonchev–Trinajstić information content (AvgIpc) is 2.65. The van der Waals surface area contributed by atoms with Crippen LogP contribution in [0.15, 0.2) is 18.2 Å². The van der Waals surface area contributed by atoms with E-state index in [9.17, 15) is 0 Å². The van der Waals surface area contributed by atoms with E-state index in [0.717, 1.165) is 13.1 Å². The van der Waals surface area contributed by atoms with Gasteiger partial charge in [-0.25, -0.2) is 0 Å². The molecule has 0 aliphatic carbocycles. The van der Waals surface area contributed by atoms with Crippen molar-refractivity contribution in [1.82, 2.24) is 4.57 Å². The second kappa shape index (κ2) is 3.88. The lowest BCUT2D eigenvalue weighted by molar-refractivity contribution is 0.617. The topological polar surface area (TPSA) is 30.9 Å². The summed E-state index contributed by atoms with van der Waals surface area (Å²) in [6.45, 7) is 6.37. The van der Waals surface area contributed by atoms with Crippen LogP contribution in [-0.2, 0) is 13.0 Å². The Morgan fingerprint density at radius 2 is 2.24 bits per heavy atom. The lowest BCUT2D eigenvalue weighted by Crippen LogP contribution is -2.11. The van der Waals surface area contributed by atoms with Crippen molar-refractivity contribution in [2.75, 3.05) is 6.54 Å². The van der Waals surface area contributed by atoms with Crippen LogP contribution in [0.25, 0.3) is 10.9 Å². The number of nitrogens with two attached hydrogens (primary N) is 1. The largest absolute Gasteiger partial charge is 0.344 e. The molecule has 2 heterocycles. The third-order valence-electron chi connectivity index (χ3n) is 4.15. The van der Waals surface area contributed by atoms with Crippen molar-refractivity contribution in [3.8, 4) is 0 Å². The highest BCUT2D eigenvalue weighted by Crippen LogP contribution is 2.35. The van der Waals surface area contributed by atoms with Crippen LogP contribution in [0.1, 0.15) is 36.1 Å². The van der Waals surface area contributed by atoms with Gasteiger partial charge in [0.05, 0.1) is 5.52 Å². The minimum atomic E-state index is 0.451. The normalized spacial score (nSPS) is 16.4. The number of rotatable bonds is 2. The highest BCUT2D eigenvalue weighted by molar-refractivity contribution is 5.89. The first-order valence-electron chi connectivity index (χ1n) is 6.54. The maximum absolute atomic E-state index is 5.86. The number of hydrogen-bond acceptors (Lipinski definition) is 1. The van der Waals surface area contributed by atoms with Crippen molar-refractivity contribution in [3.63, 3.8) is 0 Å². The molecular weight excluding hydrogens is 208 g/mol. The lowest BCUT2D eigenvalue weighted by Gasteiger charge is -2.16. The summed E-state index contributed by atoms with van der Waals surface area (Å²) < 4.78 is 2.50. The van der Waals surface area contributed by atoms with Gasteiger partial charge in [0.1, 0.15) is 0 Å². The molecule has 3 rings (SSSR count). The second-order valence-corrected chi connectivity index (χ2v) is 5.20. The molecular formula is C15H20N2. The number of hydrogen-bond donors (Lipinski definition) is 1. The molecule has 90 valence electrons. The Kier molecular flexibility index (Phi) is 2.48. The molecule has 0 saturated heterocycles. The molecule has 17 heavy (non-hydrogen) atoms. The number of aryl methyl sites for hydroxylation is 2. The zero-order valence-corrected chi connectivity index (χ0v) is 10.7. The molecule has 2 aromatic rings. The van der Waals surface area contributed by atoms with Crippen LogP contribution < -0.4 is 5.73 Å². The average molecular weight is 228 g/mol. The summed E-state index contributed by atoms with van der Waals surface area (Å²) in [5.41, 5.74) is 11.7. The number of benzene rings is 1. The van der Waals surface area contributed by atoms with Gasteiger partial charge in [-0.05, 0) is 43.4 Å². The molecule has 0 bridgehead atoms. The predicted octanol–water partition coefficient (Wildman–Crippen LogP) is 2.96. The predicted molar refractivity (Wildman–Crippen MR) is 72.5 cm³/mol. The van der Waals surface area contributed by atoms with Gasteiger partial charge in [0, 0.05) is 17.6 Å². The van der Waals surface area contributed by atoms with Gasteiger partial charge >= 0.3 is 0 Å².